The molecule has 6 rings (SSSR count). The molecule has 0 fully saturated rings. The maximum atomic E-state index is 8.22. The second-order valence-electron chi connectivity index (χ2n) is 10.8. The summed E-state index contributed by atoms with van der Waals surface area (Å²) < 4.78 is 0.263. The normalized spacial score (nSPS) is 20.0. The van der Waals surface area contributed by atoms with Gasteiger partial charge in [-0.15, -0.1) is 0 Å². The number of fused-ring (bicyclic) bond motifs is 3. The van der Waals surface area contributed by atoms with Crippen LogP contribution in [0.4, 0.5) is 0 Å². The predicted molar refractivity (Wildman–Crippen MR) is 157 cm³/mol. The maximum absolute atomic E-state index is 8.22. The molecule has 2 aliphatic rings. The van der Waals surface area contributed by atoms with Crippen LogP contribution in [0.5, 0.6) is 0 Å². The van der Waals surface area contributed by atoms with E-state index in [2.05, 4.69) is 106 Å². The van der Waals surface area contributed by atoms with E-state index in [1.807, 2.05) is 12.3 Å². The van der Waals surface area contributed by atoms with Gasteiger partial charge >= 0.3 is 224 Å². The van der Waals surface area contributed by atoms with Crippen LogP contribution in [0.1, 0.15) is 43.4 Å². The van der Waals surface area contributed by atoms with E-state index in [0.717, 1.165) is 16.5 Å². The van der Waals surface area contributed by atoms with E-state index in [9.17, 15) is 0 Å². The standard InChI is InChI=1S/C19H14N.C10H9.C2H7Si.2ClH.Zr/c1-13-11-15-6-3-8-16(18(15)12-13)17-9-2-5-14-7-4-10-20-19(14)17;1-8-6-9-4-2-3-5-10(9)7-8;1-3-2;;;/h2-12H,1H3;2-7H,1H3;3H,1-2H3;2*1H;/q;;;;;+2/p-2. The van der Waals surface area contributed by atoms with Gasteiger partial charge in [0.2, 0.25) is 0 Å². The molecule has 5 heteroatoms. The van der Waals surface area contributed by atoms with Crippen molar-refractivity contribution in [1.82, 2.24) is 4.98 Å². The van der Waals surface area contributed by atoms with E-state index >= 15 is 0 Å². The molecule has 2 aliphatic carbocycles. The van der Waals surface area contributed by atoms with Gasteiger partial charge in [0.05, 0.1) is 0 Å². The number of hydrogen-bond acceptors (Lipinski definition) is 1. The molecule has 0 spiro atoms. The van der Waals surface area contributed by atoms with Crippen LogP contribution in [-0.2, 0) is 15.6 Å². The number of benzene rings is 3. The number of para-hydroxylation sites is 1. The van der Waals surface area contributed by atoms with E-state index in [1.165, 1.54) is 39.0 Å². The molecule has 0 N–H and O–H groups in total. The number of aromatic nitrogens is 1. The Balaban J connectivity index is 1.59. The fourth-order valence-corrected chi connectivity index (χ4v) is 39.8. The van der Waals surface area contributed by atoms with Crippen molar-refractivity contribution in [2.75, 3.05) is 0 Å². The number of allylic oxidation sites excluding steroid dienone is 2. The topological polar surface area (TPSA) is 12.9 Å². The molecular weight excluding hydrogens is 577 g/mol. The Labute approximate surface area is 222 Å². The monoisotopic (exact) mass is 604 g/mol. The number of pyridine rings is 1. The first-order valence-corrected chi connectivity index (χ1v) is 29.0. The average Bonchev–Trinajstić information content (AvgIpc) is 3.40. The van der Waals surface area contributed by atoms with Gasteiger partial charge in [-0.3, -0.25) is 0 Å². The van der Waals surface area contributed by atoms with E-state index in [-0.39, 0.29) is 7.25 Å². The number of hydrogen-bond donors (Lipinski definition) is 0. The van der Waals surface area contributed by atoms with Crippen LogP contribution >= 0.6 is 17.0 Å². The fourth-order valence-electron chi connectivity index (χ4n) is 6.89. The summed E-state index contributed by atoms with van der Waals surface area (Å²) in [4.78, 5) is 4.75. The Morgan fingerprint density at radius 1 is 0.722 bits per heavy atom. The Morgan fingerprint density at radius 3 is 2.17 bits per heavy atom. The van der Waals surface area contributed by atoms with Crippen molar-refractivity contribution in [3.8, 4) is 11.1 Å². The van der Waals surface area contributed by atoms with Crippen LogP contribution in [0.3, 0.4) is 0 Å². The van der Waals surface area contributed by atoms with E-state index in [1.54, 1.807) is 0 Å². The first-order chi connectivity index (χ1) is 17.2. The van der Waals surface area contributed by atoms with Crippen LogP contribution in [-0.4, -0.2) is 10.9 Å². The Morgan fingerprint density at radius 2 is 1.36 bits per heavy atom. The molecule has 3 aromatic carbocycles. The number of halogens is 2. The summed E-state index contributed by atoms with van der Waals surface area (Å²) in [5.74, 6) is -1.50. The van der Waals surface area contributed by atoms with Crippen molar-refractivity contribution in [2.45, 2.75) is 34.2 Å². The van der Waals surface area contributed by atoms with Crippen molar-refractivity contribution in [3.63, 3.8) is 0 Å². The summed E-state index contributed by atoms with van der Waals surface area (Å²) in [6, 6.07) is 26.0. The zero-order chi connectivity index (χ0) is 25.3. The van der Waals surface area contributed by atoms with Gasteiger partial charge in [-0.05, 0) is 0 Å². The van der Waals surface area contributed by atoms with Gasteiger partial charge in [0.25, 0.3) is 0 Å². The average molecular weight is 607 g/mol. The van der Waals surface area contributed by atoms with Gasteiger partial charge in [0, 0.05) is 0 Å². The fraction of sp³-hybridized carbons (Fsp3) is 0.194. The van der Waals surface area contributed by atoms with Crippen LogP contribution in [0.2, 0.25) is 13.1 Å². The summed E-state index contributed by atoms with van der Waals surface area (Å²) in [5.41, 5.74) is 11.3. The molecule has 0 saturated carbocycles. The Bertz CT molecular complexity index is 1600. The van der Waals surface area contributed by atoms with Crippen molar-refractivity contribution in [1.29, 1.82) is 0 Å². The van der Waals surface area contributed by atoms with Crippen molar-refractivity contribution in [3.05, 3.63) is 112 Å². The Kier molecular flexibility index (Phi) is 5.89. The van der Waals surface area contributed by atoms with Crippen LogP contribution in [0.15, 0.2) is 90.1 Å². The summed E-state index contributed by atoms with van der Waals surface area (Å²) in [5, 5.41) is 1.15. The molecule has 36 heavy (non-hydrogen) atoms. The van der Waals surface area contributed by atoms with Crippen molar-refractivity contribution >= 4 is 46.0 Å². The van der Waals surface area contributed by atoms with Gasteiger partial charge in [-0.25, -0.2) is 0 Å². The van der Waals surface area contributed by atoms with Gasteiger partial charge < -0.3 is 0 Å². The van der Waals surface area contributed by atoms with Crippen LogP contribution < -0.4 is 0 Å². The molecule has 2 atom stereocenters. The van der Waals surface area contributed by atoms with Gasteiger partial charge in [0.1, 0.15) is 0 Å². The third-order valence-corrected chi connectivity index (χ3v) is 60.8. The molecule has 181 valence electrons. The van der Waals surface area contributed by atoms with Crippen LogP contribution in [0.25, 0.3) is 34.2 Å². The van der Waals surface area contributed by atoms with Crippen molar-refractivity contribution < 1.29 is 15.6 Å². The molecule has 0 radical (unpaired) electrons. The summed E-state index contributed by atoms with van der Waals surface area (Å²) in [7, 11) is 16.4. The first kappa shape index (κ1) is 24.6. The molecule has 0 bridgehead atoms. The molecule has 0 aliphatic heterocycles. The minimum absolute atomic E-state index is 0.110. The number of rotatable bonds is 4. The third kappa shape index (κ3) is 3.39. The molecule has 1 heterocycles. The quantitative estimate of drug-likeness (QED) is 0.211. The molecule has 0 amide bonds. The van der Waals surface area contributed by atoms with Gasteiger partial charge in [-0.1, -0.05) is 0 Å². The molecule has 2 unspecified atom stereocenters. The van der Waals surface area contributed by atoms with Crippen molar-refractivity contribution in [2.24, 2.45) is 0 Å². The zero-order valence-corrected chi connectivity index (χ0v) is 26.2. The molecule has 1 aromatic heterocycles. The molecular formula is C31H30Cl2NSiZr. The molecule has 4 aromatic rings. The predicted octanol–water partition coefficient (Wildman–Crippen LogP) is 9.50. The summed E-state index contributed by atoms with van der Waals surface area (Å²) in [6.45, 7) is 9.28. The van der Waals surface area contributed by atoms with Gasteiger partial charge in [-0.2, -0.15) is 0 Å². The van der Waals surface area contributed by atoms with E-state index < -0.39 is 21.5 Å². The molecule has 1 nitrogen and oxygen atoms in total. The van der Waals surface area contributed by atoms with Crippen LogP contribution in [0, 0.1) is 0 Å². The number of nitrogens with zero attached hydrogens (tertiary/aromatic N) is 1. The SMILES string of the molecule is CC1=Cc2ccccc2[CH]1[Zr]([Cl])([Cl])([CH]1C(C)=Cc2c(-c3cccc4cccnc34)cccc21)[SiH](C)C. The summed E-state index contributed by atoms with van der Waals surface area (Å²) >= 11 is -4.55. The zero-order valence-electron chi connectivity index (χ0n) is 21.1. The molecule has 0 saturated heterocycles. The second kappa shape index (κ2) is 8.63. The van der Waals surface area contributed by atoms with E-state index in [0.29, 0.717) is 0 Å². The Hall–Kier alpha value is -1.77. The van der Waals surface area contributed by atoms with E-state index in [4.69, 9.17) is 22.0 Å². The second-order valence-corrected chi connectivity index (χ2v) is 53.3. The minimum atomic E-state index is -4.55. The summed E-state index contributed by atoms with van der Waals surface area (Å²) in [6.07, 6.45) is 6.57. The van der Waals surface area contributed by atoms with Gasteiger partial charge in [0.15, 0.2) is 0 Å². The first-order valence-electron chi connectivity index (χ1n) is 12.7. The third-order valence-electron chi connectivity index (χ3n) is 8.55.